The molecule has 3 aromatic carbocycles. The highest BCUT2D eigenvalue weighted by molar-refractivity contribution is 7.99. The highest BCUT2D eigenvalue weighted by Crippen LogP contribution is 2.44. The number of carboxylic acids is 1. The van der Waals surface area contributed by atoms with E-state index >= 15 is 0 Å². The quantitative estimate of drug-likeness (QED) is 0.328. The van der Waals surface area contributed by atoms with Gasteiger partial charge < -0.3 is 10.4 Å². The number of nitrogens with zero attached hydrogens (tertiary/aromatic N) is 1. The molecule has 3 aromatic rings. The fraction of sp³-hybridized carbons (Fsp3) is 0.0476. The minimum absolute atomic E-state index is 0.224. The van der Waals surface area contributed by atoms with Crippen LogP contribution in [0.25, 0.3) is 0 Å². The SMILES string of the molecule is C/C(=N\Nc1cccc(C(=O)O)c1)c1ccc2c(c1)Nc1ccccc1S2. The molecule has 0 aromatic heterocycles. The molecule has 0 fully saturated rings. The van der Waals surface area contributed by atoms with E-state index in [9.17, 15) is 4.79 Å². The van der Waals surface area contributed by atoms with Gasteiger partial charge in [0, 0.05) is 9.79 Å². The van der Waals surface area contributed by atoms with Crippen molar-refractivity contribution in [2.75, 3.05) is 10.7 Å². The maximum Gasteiger partial charge on any atom is 0.335 e. The zero-order chi connectivity index (χ0) is 18.8. The summed E-state index contributed by atoms with van der Waals surface area (Å²) in [5.41, 5.74) is 7.75. The number of carbonyl (C=O) groups is 1. The van der Waals surface area contributed by atoms with E-state index in [1.54, 1.807) is 36.0 Å². The van der Waals surface area contributed by atoms with Crippen LogP contribution < -0.4 is 10.7 Å². The smallest absolute Gasteiger partial charge is 0.335 e. The normalized spacial score (nSPS) is 12.6. The summed E-state index contributed by atoms with van der Waals surface area (Å²) in [5, 5.41) is 16.9. The lowest BCUT2D eigenvalue weighted by Gasteiger charge is -2.21. The predicted molar refractivity (Wildman–Crippen MR) is 110 cm³/mol. The lowest BCUT2D eigenvalue weighted by atomic mass is 10.1. The summed E-state index contributed by atoms with van der Waals surface area (Å²) >= 11 is 1.74. The average Bonchev–Trinajstić information content (AvgIpc) is 2.70. The Balaban J connectivity index is 1.55. The number of benzene rings is 3. The minimum Gasteiger partial charge on any atom is -0.478 e. The summed E-state index contributed by atoms with van der Waals surface area (Å²) in [6.07, 6.45) is 0. The average molecular weight is 375 g/mol. The molecule has 0 unspecified atom stereocenters. The zero-order valence-electron chi connectivity index (χ0n) is 14.6. The van der Waals surface area contributed by atoms with Crippen LogP contribution in [0.3, 0.4) is 0 Å². The Morgan fingerprint density at radius 1 is 0.963 bits per heavy atom. The summed E-state index contributed by atoms with van der Waals surface area (Å²) in [7, 11) is 0. The van der Waals surface area contributed by atoms with Crippen LogP contribution in [0.2, 0.25) is 0 Å². The topological polar surface area (TPSA) is 73.7 Å². The van der Waals surface area contributed by atoms with E-state index in [4.69, 9.17) is 5.11 Å². The lowest BCUT2D eigenvalue weighted by molar-refractivity contribution is 0.0697. The third-order valence-electron chi connectivity index (χ3n) is 4.24. The Bertz CT molecular complexity index is 1060. The van der Waals surface area contributed by atoms with Gasteiger partial charge in [0.15, 0.2) is 0 Å². The largest absolute Gasteiger partial charge is 0.478 e. The number of nitrogens with one attached hydrogen (secondary N) is 2. The summed E-state index contributed by atoms with van der Waals surface area (Å²) in [4.78, 5) is 13.4. The van der Waals surface area contributed by atoms with E-state index in [0.29, 0.717) is 5.69 Å². The first-order valence-electron chi connectivity index (χ1n) is 8.42. The summed E-state index contributed by atoms with van der Waals surface area (Å²) in [5.74, 6) is -0.960. The van der Waals surface area contributed by atoms with Crippen molar-refractivity contribution in [3.05, 3.63) is 77.9 Å². The number of aromatic carboxylic acids is 1. The molecule has 0 spiro atoms. The number of rotatable bonds is 4. The van der Waals surface area contributed by atoms with Crippen molar-refractivity contribution in [3.8, 4) is 0 Å². The van der Waals surface area contributed by atoms with Gasteiger partial charge in [0.05, 0.1) is 28.3 Å². The van der Waals surface area contributed by atoms with Crippen molar-refractivity contribution in [3.63, 3.8) is 0 Å². The molecule has 0 saturated heterocycles. The van der Waals surface area contributed by atoms with Crippen molar-refractivity contribution in [2.45, 2.75) is 16.7 Å². The van der Waals surface area contributed by atoms with Crippen molar-refractivity contribution in [1.29, 1.82) is 0 Å². The Kier molecular flexibility index (Phi) is 4.56. The highest BCUT2D eigenvalue weighted by atomic mass is 32.2. The minimum atomic E-state index is -0.960. The van der Waals surface area contributed by atoms with Crippen LogP contribution in [0, 0.1) is 0 Å². The Hall–Kier alpha value is -3.25. The van der Waals surface area contributed by atoms with E-state index in [-0.39, 0.29) is 5.56 Å². The van der Waals surface area contributed by atoms with Gasteiger partial charge in [-0.25, -0.2) is 4.79 Å². The van der Waals surface area contributed by atoms with Gasteiger partial charge in [0.1, 0.15) is 0 Å². The van der Waals surface area contributed by atoms with Gasteiger partial charge in [-0.05, 0) is 55.0 Å². The second-order valence-electron chi connectivity index (χ2n) is 6.13. The number of carboxylic acid groups (broad SMARTS) is 1. The molecule has 0 radical (unpaired) electrons. The van der Waals surface area contributed by atoms with E-state index in [1.807, 2.05) is 25.1 Å². The molecular formula is C21H17N3O2S. The van der Waals surface area contributed by atoms with Crippen molar-refractivity contribution < 1.29 is 9.90 Å². The Morgan fingerprint density at radius 3 is 2.63 bits per heavy atom. The molecule has 1 aliphatic heterocycles. The molecule has 1 aliphatic rings. The monoisotopic (exact) mass is 375 g/mol. The van der Waals surface area contributed by atoms with Crippen LogP contribution in [0.1, 0.15) is 22.8 Å². The summed E-state index contributed by atoms with van der Waals surface area (Å²) in [6, 6.07) is 21.0. The number of hydrogen-bond acceptors (Lipinski definition) is 5. The molecule has 6 heteroatoms. The fourth-order valence-electron chi connectivity index (χ4n) is 2.80. The van der Waals surface area contributed by atoms with E-state index in [2.05, 4.69) is 40.1 Å². The van der Waals surface area contributed by atoms with Crippen LogP contribution in [-0.4, -0.2) is 16.8 Å². The highest BCUT2D eigenvalue weighted by Gasteiger charge is 2.15. The Labute approximate surface area is 161 Å². The molecule has 0 bridgehead atoms. The number of hydrazone groups is 1. The molecule has 3 N–H and O–H groups in total. The second kappa shape index (κ2) is 7.17. The van der Waals surface area contributed by atoms with Gasteiger partial charge in [-0.2, -0.15) is 5.10 Å². The first-order valence-corrected chi connectivity index (χ1v) is 9.24. The maximum atomic E-state index is 11.1. The number of anilines is 3. The molecule has 27 heavy (non-hydrogen) atoms. The molecular weight excluding hydrogens is 358 g/mol. The van der Waals surface area contributed by atoms with Gasteiger partial charge in [-0.1, -0.05) is 36.0 Å². The van der Waals surface area contributed by atoms with Crippen molar-refractivity contribution in [1.82, 2.24) is 0 Å². The zero-order valence-corrected chi connectivity index (χ0v) is 15.4. The summed E-state index contributed by atoms with van der Waals surface area (Å²) in [6.45, 7) is 1.92. The predicted octanol–water partition coefficient (Wildman–Crippen LogP) is 5.43. The third kappa shape index (κ3) is 3.66. The molecule has 0 atom stereocenters. The van der Waals surface area contributed by atoms with Gasteiger partial charge in [0.25, 0.3) is 0 Å². The number of hydrogen-bond donors (Lipinski definition) is 3. The van der Waals surface area contributed by atoms with E-state index in [0.717, 1.165) is 22.6 Å². The number of fused-ring (bicyclic) bond motifs is 2. The first-order chi connectivity index (χ1) is 13.1. The first kappa shape index (κ1) is 17.2. The van der Waals surface area contributed by atoms with Crippen LogP contribution >= 0.6 is 11.8 Å². The van der Waals surface area contributed by atoms with E-state index < -0.39 is 5.97 Å². The lowest BCUT2D eigenvalue weighted by Crippen LogP contribution is -2.04. The van der Waals surface area contributed by atoms with Crippen molar-refractivity contribution >= 4 is 40.5 Å². The van der Waals surface area contributed by atoms with Gasteiger partial charge >= 0.3 is 5.97 Å². The fourth-order valence-corrected chi connectivity index (χ4v) is 3.77. The molecule has 134 valence electrons. The molecule has 1 heterocycles. The standard InChI is InChI=1S/C21H17N3O2S/c1-13(23-24-16-6-4-5-15(11-16)21(25)26)14-9-10-20-18(12-14)22-17-7-2-3-8-19(17)27-20/h2-12,22,24H,1H3,(H,25,26)/b23-13+. The van der Waals surface area contributed by atoms with Gasteiger partial charge in [-0.15, -0.1) is 0 Å². The second-order valence-corrected chi connectivity index (χ2v) is 7.21. The molecule has 5 nitrogen and oxygen atoms in total. The Morgan fingerprint density at radius 2 is 1.78 bits per heavy atom. The van der Waals surface area contributed by atoms with Gasteiger partial charge in [0.2, 0.25) is 0 Å². The van der Waals surface area contributed by atoms with Crippen LogP contribution in [-0.2, 0) is 0 Å². The maximum absolute atomic E-state index is 11.1. The molecule has 0 aliphatic carbocycles. The van der Waals surface area contributed by atoms with Crippen LogP contribution in [0.5, 0.6) is 0 Å². The summed E-state index contributed by atoms with van der Waals surface area (Å²) < 4.78 is 0. The van der Waals surface area contributed by atoms with Crippen LogP contribution in [0.4, 0.5) is 17.1 Å². The third-order valence-corrected chi connectivity index (χ3v) is 5.39. The van der Waals surface area contributed by atoms with E-state index in [1.165, 1.54) is 9.79 Å². The van der Waals surface area contributed by atoms with Crippen molar-refractivity contribution in [2.24, 2.45) is 5.10 Å². The molecule has 4 rings (SSSR count). The molecule has 0 saturated carbocycles. The number of para-hydroxylation sites is 1. The van der Waals surface area contributed by atoms with Gasteiger partial charge in [-0.3, -0.25) is 5.43 Å². The van der Waals surface area contributed by atoms with Crippen LogP contribution in [0.15, 0.2) is 81.6 Å². The molecule has 0 amide bonds.